The molecule has 0 saturated carbocycles. The molecule has 2 aromatic heterocycles. The molecule has 160 valence electrons. The summed E-state index contributed by atoms with van der Waals surface area (Å²) in [6, 6.07) is 12.6. The van der Waals surface area contributed by atoms with Gasteiger partial charge in [-0.3, -0.25) is 14.3 Å². The zero-order valence-electron chi connectivity index (χ0n) is 16.4. The summed E-state index contributed by atoms with van der Waals surface area (Å²) >= 11 is 0. The minimum atomic E-state index is -4.52. The Morgan fingerprint density at radius 2 is 1.94 bits per heavy atom. The first-order valence-corrected chi connectivity index (χ1v) is 9.36. The van der Waals surface area contributed by atoms with Crippen LogP contribution in [0.3, 0.4) is 0 Å². The lowest BCUT2D eigenvalue weighted by atomic mass is 10.1. The topological polar surface area (TPSA) is 81.0 Å². The van der Waals surface area contributed by atoms with Crippen LogP contribution in [0, 0.1) is 0 Å². The molecule has 0 aliphatic rings. The molecule has 4 rings (SSSR count). The maximum atomic E-state index is 13.0. The van der Waals surface area contributed by atoms with Crippen molar-refractivity contribution in [3.63, 3.8) is 0 Å². The number of carbonyl (C=O) groups is 1. The quantitative estimate of drug-likeness (QED) is 0.510. The van der Waals surface area contributed by atoms with Crippen molar-refractivity contribution in [2.45, 2.75) is 12.7 Å². The van der Waals surface area contributed by atoms with Crippen LogP contribution in [0.5, 0.6) is 0 Å². The van der Waals surface area contributed by atoms with Gasteiger partial charge in [0.05, 0.1) is 22.8 Å². The first-order chi connectivity index (χ1) is 14.7. The summed E-state index contributed by atoms with van der Waals surface area (Å²) in [5, 5.41) is 11.1. The molecule has 0 spiro atoms. The predicted octanol–water partition coefficient (Wildman–Crippen LogP) is 3.31. The van der Waals surface area contributed by atoms with Crippen LogP contribution in [0.1, 0.15) is 0 Å². The number of pyridine rings is 1. The van der Waals surface area contributed by atoms with E-state index < -0.39 is 30.7 Å². The van der Waals surface area contributed by atoms with Crippen LogP contribution in [-0.4, -0.2) is 33.0 Å². The van der Waals surface area contributed by atoms with Crippen molar-refractivity contribution in [2.24, 2.45) is 7.05 Å². The highest BCUT2D eigenvalue weighted by Gasteiger charge is 2.27. The Morgan fingerprint density at radius 3 is 2.71 bits per heavy atom. The number of carbonyl (C=O) groups excluding carboxylic acids is 1. The maximum absolute atomic E-state index is 13.0. The number of rotatable bonds is 5. The number of nitrogens with one attached hydrogen (secondary N) is 2. The van der Waals surface area contributed by atoms with Crippen LogP contribution < -0.4 is 16.2 Å². The molecule has 2 heterocycles. The largest absolute Gasteiger partial charge is 0.405 e. The van der Waals surface area contributed by atoms with Crippen LogP contribution in [0.15, 0.2) is 59.7 Å². The SMILES string of the molecule is Cn1ncc2cc(Nc3cccc4ccn(CC(=O)NCC(F)(F)F)c(=O)c34)ccc21. The molecule has 2 N–H and O–H groups in total. The fourth-order valence-corrected chi connectivity index (χ4v) is 3.36. The second kappa shape index (κ2) is 7.78. The van der Waals surface area contributed by atoms with Gasteiger partial charge in [0.1, 0.15) is 13.1 Å². The molecule has 0 saturated heterocycles. The van der Waals surface area contributed by atoms with E-state index in [1.807, 2.05) is 25.2 Å². The van der Waals surface area contributed by atoms with Crippen LogP contribution >= 0.6 is 0 Å². The maximum Gasteiger partial charge on any atom is 0.405 e. The van der Waals surface area contributed by atoms with Gasteiger partial charge in [-0.1, -0.05) is 12.1 Å². The molecular weight excluding hydrogens is 411 g/mol. The molecule has 0 radical (unpaired) electrons. The molecule has 0 bridgehead atoms. The monoisotopic (exact) mass is 429 g/mol. The lowest BCUT2D eigenvalue weighted by Gasteiger charge is -2.13. The third-order valence-corrected chi connectivity index (χ3v) is 4.83. The molecule has 0 aliphatic heterocycles. The van der Waals surface area contributed by atoms with Crippen molar-refractivity contribution in [3.05, 3.63) is 65.2 Å². The Balaban J connectivity index is 1.65. The van der Waals surface area contributed by atoms with E-state index in [1.165, 1.54) is 6.20 Å². The summed E-state index contributed by atoms with van der Waals surface area (Å²) in [5.74, 6) is -0.897. The Kier molecular flexibility index (Phi) is 5.14. The van der Waals surface area contributed by atoms with Crippen molar-refractivity contribution in [3.8, 4) is 0 Å². The van der Waals surface area contributed by atoms with Gasteiger partial charge in [0.15, 0.2) is 0 Å². The molecule has 0 atom stereocenters. The van der Waals surface area contributed by atoms with Crippen LogP contribution in [0.2, 0.25) is 0 Å². The summed E-state index contributed by atoms with van der Waals surface area (Å²) in [5.41, 5.74) is 1.74. The highest BCUT2D eigenvalue weighted by atomic mass is 19.4. The average Bonchev–Trinajstić information content (AvgIpc) is 3.08. The van der Waals surface area contributed by atoms with Crippen LogP contribution in [0.25, 0.3) is 21.7 Å². The number of alkyl halides is 3. The van der Waals surface area contributed by atoms with Crippen molar-refractivity contribution < 1.29 is 18.0 Å². The summed E-state index contributed by atoms with van der Waals surface area (Å²) in [4.78, 5) is 24.9. The fourth-order valence-electron chi connectivity index (χ4n) is 3.36. The third kappa shape index (κ3) is 4.37. The van der Waals surface area contributed by atoms with Crippen molar-refractivity contribution >= 4 is 39.0 Å². The van der Waals surface area contributed by atoms with Gasteiger partial charge < -0.3 is 15.2 Å². The standard InChI is InChI=1S/C21H18F3N5O2/c1-28-17-6-5-15(9-14(17)10-26-28)27-16-4-2-3-13-7-8-29(20(31)19(13)16)11-18(30)25-12-21(22,23)24/h2-10,27H,11-12H2,1H3,(H,25,30). The van der Waals surface area contributed by atoms with Gasteiger partial charge in [-0.2, -0.15) is 18.3 Å². The van der Waals surface area contributed by atoms with Gasteiger partial charge in [0, 0.05) is 24.3 Å². The molecule has 0 aliphatic carbocycles. The van der Waals surface area contributed by atoms with E-state index >= 15 is 0 Å². The van der Waals surface area contributed by atoms with Crippen LogP contribution in [-0.2, 0) is 18.4 Å². The number of halogens is 3. The molecule has 0 unspecified atom stereocenters. The van der Waals surface area contributed by atoms with Crippen molar-refractivity contribution in [2.75, 3.05) is 11.9 Å². The molecule has 1 amide bonds. The Hall–Kier alpha value is -3.82. The van der Waals surface area contributed by atoms with E-state index in [9.17, 15) is 22.8 Å². The zero-order valence-corrected chi connectivity index (χ0v) is 16.4. The molecule has 0 fully saturated rings. The molecule has 31 heavy (non-hydrogen) atoms. The Labute approximate surface area is 174 Å². The lowest BCUT2D eigenvalue weighted by Crippen LogP contribution is -2.37. The van der Waals surface area contributed by atoms with E-state index in [4.69, 9.17) is 0 Å². The predicted molar refractivity (Wildman–Crippen MR) is 111 cm³/mol. The first kappa shape index (κ1) is 20.5. The summed E-state index contributed by atoms with van der Waals surface area (Å²) in [6.07, 6.45) is -1.39. The number of nitrogens with zero attached hydrogens (tertiary/aromatic N) is 3. The van der Waals surface area contributed by atoms with E-state index in [2.05, 4.69) is 10.4 Å². The first-order valence-electron chi connectivity index (χ1n) is 9.36. The number of aromatic nitrogens is 3. The number of amides is 1. The highest BCUT2D eigenvalue weighted by molar-refractivity contribution is 5.95. The van der Waals surface area contributed by atoms with Crippen molar-refractivity contribution in [1.82, 2.24) is 19.7 Å². The molecule has 10 heteroatoms. The Bertz CT molecular complexity index is 1340. The van der Waals surface area contributed by atoms with E-state index in [0.29, 0.717) is 16.5 Å². The summed E-state index contributed by atoms with van der Waals surface area (Å²) < 4.78 is 39.7. The lowest BCUT2D eigenvalue weighted by molar-refractivity contribution is -0.138. The second-order valence-electron chi connectivity index (χ2n) is 7.08. The van der Waals surface area contributed by atoms with Gasteiger partial charge in [0.2, 0.25) is 5.91 Å². The third-order valence-electron chi connectivity index (χ3n) is 4.83. The molecule has 2 aromatic carbocycles. The minimum absolute atomic E-state index is 0.333. The summed E-state index contributed by atoms with van der Waals surface area (Å²) in [6.45, 7) is -1.96. The molecular formula is C21H18F3N5O2. The van der Waals surface area contributed by atoms with Gasteiger partial charge in [-0.25, -0.2) is 0 Å². The van der Waals surface area contributed by atoms with E-state index in [1.54, 1.807) is 40.5 Å². The Morgan fingerprint density at radius 1 is 1.13 bits per heavy atom. The second-order valence-corrected chi connectivity index (χ2v) is 7.08. The van der Waals surface area contributed by atoms with Gasteiger partial charge in [-0.15, -0.1) is 0 Å². The number of anilines is 2. The highest BCUT2D eigenvalue weighted by Crippen LogP contribution is 2.26. The van der Waals surface area contributed by atoms with Crippen molar-refractivity contribution in [1.29, 1.82) is 0 Å². The van der Waals surface area contributed by atoms with Crippen LogP contribution in [0.4, 0.5) is 24.5 Å². The number of fused-ring (bicyclic) bond motifs is 2. The smallest absolute Gasteiger partial charge is 0.355 e. The molecule has 4 aromatic rings. The zero-order chi connectivity index (χ0) is 22.2. The molecule has 7 nitrogen and oxygen atoms in total. The summed E-state index contributed by atoms with van der Waals surface area (Å²) in [7, 11) is 1.84. The van der Waals surface area contributed by atoms with Gasteiger partial charge >= 0.3 is 6.18 Å². The van der Waals surface area contributed by atoms with Gasteiger partial charge in [0.25, 0.3) is 5.56 Å². The van der Waals surface area contributed by atoms with Gasteiger partial charge in [-0.05, 0) is 35.7 Å². The average molecular weight is 429 g/mol. The number of aryl methyl sites for hydroxylation is 1. The van der Waals surface area contributed by atoms with E-state index in [-0.39, 0.29) is 0 Å². The fraction of sp³-hybridized carbons (Fsp3) is 0.190. The normalized spacial score (nSPS) is 11.7. The number of hydrogen-bond acceptors (Lipinski definition) is 4. The minimum Gasteiger partial charge on any atom is -0.355 e. The van der Waals surface area contributed by atoms with E-state index in [0.717, 1.165) is 21.2 Å². The number of hydrogen-bond donors (Lipinski definition) is 2. The number of benzene rings is 2.